The number of nitrogens with one attached hydrogen (secondary N) is 2. The molecule has 1 fully saturated rings. The number of pyridine rings is 1. The Kier molecular flexibility index (Phi) is 6.41. The summed E-state index contributed by atoms with van der Waals surface area (Å²) in [6.45, 7) is 0.823. The van der Waals surface area contributed by atoms with E-state index in [9.17, 15) is 22.8 Å². The van der Waals surface area contributed by atoms with Crippen LogP contribution in [0, 0.1) is 0 Å². The van der Waals surface area contributed by atoms with Crippen LogP contribution in [0.2, 0.25) is 0 Å². The molecule has 0 saturated carbocycles. The molecule has 3 aromatic rings. The third-order valence-corrected chi connectivity index (χ3v) is 5.01. The minimum atomic E-state index is -4.48. The number of amides is 2. The Labute approximate surface area is 191 Å². The Hall–Kier alpha value is -4.06. The molecule has 1 atom stereocenters. The quantitative estimate of drug-likeness (QED) is 0.481. The van der Waals surface area contributed by atoms with E-state index in [1.807, 2.05) is 0 Å². The Morgan fingerprint density at radius 3 is 2.53 bits per heavy atom. The van der Waals surface area contributed by atoms with Crippen LogP contribution >= 0.6 is 0 Å². The fourth-order valence-electron chi connectivity index (χ4n) is 3.26. The van der Waals surface area contributed by atoms with E-state index in [1.165, 1.54) is 6.07 Å². The summed E-state index contributed by atoms with van der Waals surface area (Å²) in [6.07, 6.45) is -3.14. The van der Waals surface area contributed by atoms with Crippen molar-refractivity contribution in [1.82, 2.24) is 25.6 Å². The number of carbonyl (C=O) groups is 2. The molecule has 3 heterocycles. The zero-order valence-corrected chi connectivity index (χ0v) is 17.6. The minimum Gasteiger partial charge on any atom is -0.439 e. The lowest BCUT2D eigenvalue weighted by Gasteiger charge is -2.11. The van der Waals surface area contributed by atoms with Crippen molar-refractivity contribution in [1.29, 1.82) is 0 Å². The summed E-state index contributed by atoms with van der Waals surface area (Å²) in [5.74, 6) is -0.254. The second-order valence-corrected chi connectivity index (χ2v) is 7.45. The molecule has 1 saturated heterocycles. The monoisotopic (exact) mass is 472 g/mol. The number of nitrogens with zero attached hydrogens (tertiary/aromatic N) is 3. The lowest BCUT2D eigenvalue weighted by atomic mass is 10.2. The average molecular weight is 472 g/mol. The van der Waals surface area contributed by atoms with Crippen molar-refractivity contribution in [3.63, 3.8) is 0 Å². The van der Waals surface area contributed by atoms with Gasteiger partial charge in [-0.05, 0) is 42.8 Å². The SMILES string of the molecule is NC(=O)c1cc(CN[C@H]2CCNC2=O)nc(-c2ccc(Oc3ccc(C(F)(F)F)cn3)cc2)n1. The van der Waals surface area contributed by atoms with Gasteiger partial charge >= 0.3 is 6.18 Å². The van der Waals surface area contributed by atoms with E-state index in [1.54, 1.807) is 24.3 Å². The van der Waals surface area contributed by atoms with Crippen LogP contribution in [-0.4, -0.2) is 39.4 Å². The van der Waals surface area contributed by atoms with E-state index in [4.69, 9.17) is 10.5 Å². The predicted molar refractivity (Wildman–Crippen MR) is 114 cm³/mol. The topological polar surface area (TPSA) is 132 Å². The first-order valence-corrected chi connectivity index (χ1v) is 10.2. The number of hydrogen-bond acceptors (Lipinski definition) is 7. The van der Waals surface area contributed by atoms with Gasteiger partial charge in [0.2, 0.25) is 11.8 Å². The number of primary amides is 1. The van der Waals surface area contributed by atoms with Crippen LogP contribution in [-0.2, 0) is 17.5 Å². The molecule has 12 heteroatoms. The second-order valence-electron chi connectivity index (χ2n) is 7.45. The Morgan fingerprint density at radius 2 is 1.94 bits per heavy atom. The number of alkyl halides is 3. The lowest BCUT2D eigenvalue weighted by molar-refractivity contribution is -0.137. The third-order valence-electron chi connectivity index (χ3n) is 5.01. The van der Waals surface area contributed by atoms with Gasteiger partial charge in [0, 0.05) is 30.9 Å². The Bertz CT molecular complexity index is 1200. The fraction of sp³-hybridized carbons (Fsp3) is 0.227. The molecule has 2 amide bonds. The molecule has 0 unspecified atom stereocenters. The highest BCUT2D eigenvalue weighted by atomic mass is 19.4. The number of aromatic nitrogens is 3. The first-order valence-electron chi connectivity index (χ1n) is 10.2. The predicted octanol–water partition coefficient (Wildman–Crippen LogP) is 2.43. The maximum absolute atomic E-state index is 12.7. The first kappa shape index (κ1) is 23.1. The normalized spacial score (nSPS) is 15.7. The van der Waals surface area contributed by atoms with Crippen molar-refractivity contribution in [2.75, 3.05) is 6.54 Å². The summed E-state index contributed by atoms with van der Waals surface area (Å²) in [6, 6.07) is 9.50. The summed E-state index contributed by atoms with van der Waals surface area (Å²) >= 11 is 0. The highest BCUT2D eigenvalue weighted by molar-refractivity contribution is 5.91. The van der Waals surface area contributed by atoms with E-state index in [-0.39, 0.29) is 35.9 Å². The lowest BCUT2D eigenvalue weighted by Crippen LogP contribution is -2.36. The third kappa shape index (κ3) is 5.46. The molecule has 1 aromatic carbocycles. The zero-order chi connectivity index (χ0) is 24.3. The van der Waals surface area contributed by atoms with Gasteiger partial charge < -0.3 is 21.1 Å². The number of ether oxygens (including phenoxy) is 1. The molecule has 176 valence electrons. The van der Waals surface area contributed by atoms with Gasteiger partial charge in [0.1, 0.15) is 11.4 Å². The van der Waals surface area contributed by atoms with Crippen LogP contribution in [0.25, 0.3) is 11.4 Å². The Balaban J connectivity index is 1.50. The molecular formula is C22H19F3N6O3. The Morgan fingerprint density at radius 1 is 1.18 bits per heavy atom. The summed E-state index contributed by atoms with van der Waals surface area (Å²) < 4.78 is 43.5. The largest absolute Gasteiger partial charge is 0.439 e. The van der Waals surface area contributed by atoms with Gasteiger partial charge in [0.05, 0.1) is 17.3 Å². The van der Waals surface area contributed by atoms with Crippen molar-refractivity contribution in [2.24, 2.45) is 5.73 Å². The van der Waals surface area contributed by atoms with Crippen LogP contribution in [0.3, 0.4) is 0 Å². The van der Waals surface area contributed by atoms with Crippen molar-refractivity contribution in [2.45, 2.75) is 25.2 Å². The molecule has 0 aliphatic carbocycles. The number of carbonyl (C=O) groups excluding carboxylic acids is 2. The van der Waals surface area contributed by atoms with E-state index < -0.39 is 17.6 Å². The van der Waals surface area contributed by atoms with Crippen LogP contribution in [0.1, 0.15) is 28.2 Å². The van der Waals surface area contributed by atoms with Gasteiger partial charge in [0.15, 0.2) is 5.82 Å². The molecular weight excluding hydrogens is 453 g/mol. The molecule has 34 heavy (non-hydrogen) atoms. The zero-order valence-electron chi connectivity index (χ0n) is 17.6. The highest BCUT2D eigenvalue weighted by Crippen LogP contribution is 2.30. The fourth-order valence-corrected chi connectivity index (χ4v) is 3.26. The number of rotatable bonds is 7. The van der Waals surface area contributed by atoms with Crippen LogP contribution in [0.5, 0.6) is 11.6 Å². The standard InChI is InChI=1S/C22H19F3N6O3/c23-22(24,25)13-3-6-18(29-10-13)34-15-4-1-12(2-5-15)20-30-14(9-17(31-20)19(26)32)11-28-16-7-8-27-21(16)33/h1-6,9-10,16,28H,7-8,11H2,(H2,26,32)(H,27,33)/t16-/m0/s1. The van der Waals surface area contributed by atoms with Crippen molar-refractivity contribution < 1.29 is 27.5 Å². The second kappa shape index (κ2) is 9.43. The van der Waals surface area contributed by atoms with Gasteiger partial charge in [-0.1, -0.05) is 0 Å². The number of halogens is 3. The van der Waals surface area contributed by atoms with Crippen LogP contribution in [0.4, 0.5) is 13.2 Å². The molecule has 1 aliphatic heterocycles. The van der Waals surface area contributed by atoms with Crippen LogP contribution < -0.4 is 21.1 Å². The van der Waals surface area contributed by atoms with Crippen molar-refractivity contribution >= 4 is 11.8 Å². The van der Waals surface area contributed by atoms with Gasteiger partial charge in [0.25, 0.3) is 5.91 Å². The summed E-state index contributed by atoms with van der Waals surface area (Å²) in [5.41, 5.74) is 5.58. The van der Waals surface area contributed by atoms with Gasteiger partial charge in [-0.15, -0.1) is 0 Å². The minimum absolute atomic E-state index is 0.00274. The van der Waals surface area contributed by atoms with Gasteiger partial charge in [-0.3, -0.25) is 9.59 Å². The number of nitrogens with two attached hydrogens (primary N) is 1. The molecule has 0 bridgehead atoms. The van der Waals surface area contributed by atoms with Crippen molar-refractivity contribution in [3.8, 4) is 23.0 Å². The summed E-state index contributed by atoms with van der Waals surface area (Å²) in [5, 5.41) is 5.82. The maximum Gasteiger partial charge on any atom is 0.417 e. The van der Waals surface area contributed by atoms with E-state index in [2.05, 4.69) is 25.6 Å². The number of hydrogen-bond donors (Lipinski definition) is 3. The highest BCUT2D eigenvalue weighted by Gasteiger charge is 2.30. The molecule has 0 spiro atoms. The van der Waals surface area contributed by atoms with Crippen LogP contribution in [0.15, 0.2) is 48.7 Å². The molecule has 1 aliphatic rings. The summed E-state index contributed by atoms with van der Waals surface area (Å²) in [7, 11) is 0. The van der Waals surface area contributed by atoms with E-state index in [0.29, 0.717) is 36.2 Å². The molecule has 9 nitrogen and oxygen atoms in total. The smallest absolute Gasteiger partial charge is 0.417 e. The molecule has 4 rings (SSSR count). The van der Waals surface area contributed by atoms with Gasteiger partial charge in [-0.25, -0.2) is 15.0 Å². The molecule has 4 N–H and O–H groups in total. The van der Waals surface area contributed by atoms with Crippen molar-refractivity contribution in [3.05, 3.63) is 65.6 Å². The maximum atomic E-state index is 12.7. The van der Waals surface area contributed by atoms with E-state index in [0.717, 1.165) is 12.1 Å². The molecule has 0 radical (unpaired) electrons. The first-order chi connectivity index (χ1) is 16.2. The molecule has 2 aromatic heterocycles. The average Bonchev–Trinajstić information content (AvgIpc) is 3.22. The summed E-state index contributed by atoms with van der Waals surface area (Å²) in [4.78, 5) is 35.8. The van der Waals surface area contributed by atoms with Gasteiger partial charge in [-0.2, -0.15) is 13.2 Å². The number of benzene rings is 1. The van der Waals surface area contributed by atoms with E-state index >= 15 is 0 Å².